The van der Waals surface area contributed by atoms with Crippen molar-refractivity contribution >= 4 is 27.3 Å². The van der Waals surface area contributed by atoms with E-state index in [1.165, 1.54) is 4.88 Å². The van der Waals surface area contributed by atoms with E-state index in [4.69, 9.17) is 0 Å². The van der Waals surface area contributed by atoms with E-state index in [9.17, 15) is 4.39 Å². The molecule has 0 bridgehead atoms. The van der Waals surface area contributed by atoms with E-state index in [-0.39, 0.29) is 5.82 Å². The molecular formula is C14H15BrFNS. The fourth-order valence-electron chi connectivity index (χ4n) is 1.58. The smallest absolute Gasteiger partial charge is 0.138 e. The van der Waals surface area contributed by atoms with Gasteiger partial charge in [0.1, 0.15) is 5.82 Å². The number of benzene rings is 1. The molecule has 1 aromatic heterocycles. The molecule has 96 valence electrons. The molecule has 1 N–H and O–H groups in total. The van der Waals surface area contributed by atoms with Crippen LogP contribution in [0, 0.1) is 5.82 Å². The molecule has 0 fully saturated rings. The predicted octanol–water partition coefficient (Wildman–Crippen LogP) is 4.81. The van der Waals surface area contributed by atoms with Crippen molar-refractivity contribution in [1.82, 2.24) is 5.32 Å². The van der Waals surface area contributed by atoms with Gasteiger partial charge in [-0.15, -0.1) is 11.3 Å². The van der Waals surface area contributed by atoms with Crippen LogP contribution in [-0.4, -0.2) is 6.04 Å². The van der Waals surface area contributed by atoms with E-state index < -0.39 is 0 Å². The third-order valence-corrected chi connectivity index (χ3v) is 4.33. The molecule has 0 saturated carbocycles. The van der Waals surface area contributed by atoms with Crippen LogP contribution in [0.5, 0.6) is 0 Å². The zero-order valence-corrected chi connectivity index (χ0v) is 12.7. The Hall–Kier alpha value is -0.710. The SMILES string of the molecule is CC(C)NCc1ccc(-c2ccc(Br)c(F)c2)s1. The largest absolute Gasteiger partial charge is 0.310 e. The van der Waals surface area contributed by atoms with Crippen LogP contribution in [-0.2, 0) is 6.54 Å². The normalized spacial score (nSPS) is 11.2. The van der Waals surface area contributed by atoms with Gasteiger partial charge in [-0.25, -0.2) is 4.39 Å². The first-order chi connectivity index (χ1) is 8.56. The summed E-state index contributed by atoms with van der Waals surface area (Å²) in [6.45, 7) is 5.11. The molecule has 18 heavy (non-hydrogen) atoms. The summed E-state index contributed by atoms with van der Waals surface area (Å²) in [5.74, 6) is -0.220. The van der Waals surface area contributed by atoms with Gasteiger partial charge < -0.3 is 5.32 Å². The van der Waals surface area contributed by atoms with Gasteiger partial charge in [-0.3, -0.25) is 0 Å². The molecular weight excluding hydrogens is 313 g/mol. The van der Waals surface area contributed by atoms with Crippen LogP contribution < -0.4 is 5.32 Å². The molecule has 0 saturated heterocycles. The number of hydrogen-bond acceptors (Lipinski definition) is 2. The lowest BCUT2D eigenvalue weighted by Crippen LogP contribution is -2.21. The Kier molecular flexibility index (Phi) is 4.54. The second kappa shape index (κ2) is 5.95. The van der Waals surface area contributed by atoms with Crippen LogP contribution in [0.3, 0.4) is 0 Å². The Labute approximate surface area is 119 Å². The number of thiophene rings is 1. The highest BCUT2D eigenvalue weighted by molar-refractivity contribution is 9.10. The number of halogens is 2. The van der Waals surface area contributed by atoms with Crippen molar-refractivity contribution in [3.63, 3.8) is 0 Å². The van der Waals surface area contributed by atoms with Crippen molar-refractivity contribution in [1.29, 1.82) is 0 Å². The summed E-state index contributed by atoms with van der Waals surface area (Å²) in [5, 5.41) is 3.38. The van der Waals surface area contributed by atoms with E-state index in [0.717, 1.165) is 17.0 Å². The van der Waals surface area contributed by atoms with Gasteiger partial charge in [0.15, 0.2) is 0 Å². The monoisotopic (exact) mass is 327 g/mol. The number of hydrogen-bond donors (Lipinski definition) is 1. The average molecular weight is 328 g/mol. The van der Waals surface area contributed by atoms with Gasteiger partial charge in [-0.2, -0.15) is 0 Å². The summed E-state index contributed by atoms with van der Waals surface area (Å²) in [4.78, 5) is 2.36. The first-order valence-electron chi connectivity index (χ1n) is 5.84. The minimum absolute atomic E-state index is 0.220. The highest BCUT2D eigenvalue weighted by atomic mass is 79.9. The van der Waals surface area contributed by atoms with Crippen LogP contribution in [0.4, 0.5) is 4.39 Å². The van der Waals surface area contributed by atoms with Gasteiger partial charge in [0.05, 0.1) is 4.47 Å². The summed E-state index contributed by atoms with van der Waals surface area (Å²) in [5.41, 5.74) is 0.927. The van der Waals surface area contributed by atoms with Crippen LogP contribution in [0.25, 0.3) is 10.4 Å². The zero-order valence-electron chi connectivity index (χ0n) is 10.3. The van der Waals surface area contributed by atoms with E-state index in [2.05, 4.69) is 41.2 Å². The van der Waals surface area contributed by atoms with Crippen LogP contribution >= 0.6 is 27.3 Å². The van der Waals surface area contributed by atoms with Gasteiger partial charge in [0.2, 0.25) is 0 Å². The fraction of sp³-hybridized carbons (Fsp3) is 0.286. The molecule has 0 aliphatic heterocycles. The highest BCUT2D eigenvalue weighted by Gasteiger charge is 2.06. The fourth-order valence-corrected chi connectivity index (χ4v) is 2.78. The topological polar surface area (TPSA) is 12.0 Å². The molecule has 2 rings (SSSR count). The minimum atomic E-state index is -0.220. The van der Waals surface area contributed by atoms with E-state index in [1.807, 2.05) is 12.1 Å². The van der Waals surface area contributed by atoms with Gasteiger partial charge in [0, 0.05) is 22.3 Å². The third-order valence-electron chi connectivity index (χ3n) is 2.55. The molecule has 0 aliphatic carbocycles. The molecule has 4 heteroatoms. The molecule has 0 unspecified atom stereocenters. The van der Waals surface area contributed by atoms with Crippen molar-refractivity contribution in [2.45, 2.75) is 26.4 Å². The van der Waals surface area contributed by atoms with E-state index in [0.29, 0.717) is 10.5 Å². The van der Waals surface area contributed by atoms with Crippen molar-refractivity contribution in [2.24, 2.45) is 0 Å². The van der Waals surface area contributed by atoms with Crippen molar-refractivity contribution in [3.05, 3.63) is 45.5 Å². The molecule has 1 nitrogen and oxygen atoms in total. The van der Waals surface area contributed by atoms with Crippen molar-refractivity contribution < 1.29 is 4.39 Å². The highest BCUT2D eigenvalue weighted by Crippen LogP contribution is 2.30. The summed E-state index contributed by atoms with van der Waals surface area (Å²) in [6.07, 6.45) is 0. The maximum atomic E-state index is 13.5. The first kappa shape index (κ1) is 13.7. The molecule has 0 amide bonds. The lowest BCUT2D eigenvalue weighted by atomic mass is 10.2. The predicted molar refractivity (Wildman–Crippen MR) is 79.4 cm³/mol. The maximum absolute atomic E-state index is 13.5. The minimum Gasteiger partial charge on any atom is -0.310 e. The molecule has 0 aliphatic rings. The Balaban J connectivity index is 2.16. The molecule has 1 aromatic carbocycles. The zero-order chi connectivity index (χ0) is 13.1. The molecule has 0 atom stereocenters. The molecule has 1 heterocycles. The van der Waals surface area contributed by atoms with Gasteiger partial charge in [0.25, 0.3) is 0 Å². The average Bonchev–Trinajstić information content (AvgIpc) is 2.79. The summed E-state index contributed by atoms with van der Waals surface area (Å²) < 4.78 is 14.0. The Morgan fingerprint density at radius 1 is 1.28 bits per heavy atom. The maximum Gasteiger partial charge on any atom is 0.138 e. The molecule has 0 spiro atoms. The van der Waals surface area contributed by atoms with Crippen molar-refractivity contribution in [2.75, 3.05) is 0 Å². The molecule has 2 aromatic rings. The standard InChI is InChI=1S/C14H15BrFNS/c1-9(2)17-8-11-4-6-14(18-11)10-3-5-12(15)13(16)7-10/h3-7,9,17H,8H2,1-2H3. The second-order valence-electron chi connectivity index (χ2n) is 4.43. The lowest BCUT2D eigenvalue weighted by molar-refractivity contribution is 0.593. The Morgan fingerprint density at radius 2 is 2.06 bits per heavy atom. The first-order valence-corrected chi connectivity index (χ1v) is 7.44. The molecule has 0 radical (unpaired) electrons. The number of rotatable bonds is 4. The Bertz CT molecular complexity index is 536. The summed E-state index contributed by atoms with van der Waals surface area (Å²) in [7, 11) is 0. The van der Waals surface area contributed by atoms with Crippen LogP contribution in [0.2, 0.25) is 0 Å². The number of nitrogens with one attached hydrogen (secondary N) is 1. The van der Waals surface area contributed by atoms with Gasteiger partial charge in [-0.05, 0) is 45.8 Å². The van der Waals surface area contributed by atoms with Crippen LogP contribution in [0.15, 0.2) is 34.8 Å². The van der Waals surface area contributed by atoms with Crippen molar-refractivity contribution in [3.8, 4) is 10.4 Å². The summed E-state index contributed by atoms with van der Waals surface area (Å²) >= 11 is 4.86. The van der Waals surface area contributed by atoms with E-state index >= 15 is 0 Å². The third kappa shape index (κ3) is 3.40. The van der Waals surface area contributed by atoms with E-state index in [1.54, 1.807) is 23.5 Å². The Morgan fingerprint density at radius 3 is 2.72 bits per heavy atom. The quantitative estimate of drug-likeness (QED) is 0.849. The van der Waals surface area contributed by atoms with Gasteiger partial charge in [-0.1, -0.05) is 19.9 Å². The lowest BCUT2D eigenvalue weighted by Gasteiger charge is -2.05. The van der Waals surface area contributed by atoms with Crippen LogP contribution in [0.1, 0.15) is 18.7 Å². The summed E-state index contributed by atoms with van der Waals surface area (Å²) in [6, 6.07) is 9.85. The van der Waals surface area contributed by atoms with Gasteiger partial charge >= 0.3 is 0 Å². The second-order valence-corrected chi connectivity index (χ2v) is 6.45.